The molecule has 27 heavy (non-hydrogen) atoms. The van der Waals surface area contributed by atoms with Crippen molar-refractivity contribution < 1.29 is 19.1 Å². The summed E-state index contributed by atoms with van der Waals surface area (Å²) in [5.74, 6) is -0.747. The summed E-state index contributed by atoms with van der Waals surface area (Å²) in [7, 11) is 0. The van der Waals surface area contributed by atoms with E-state index in [1.165, 1.54) is 4.57 Å². The van der Waals surface area contributed by atoms with Gasteiger partial charge in [-0.3, -0.25) is 0 Å². The molecule has 0 bridgehead atoms. The summed E-state index contributed by atoms with van der Waals surface area (Å²) < 4.78 is 12.6. The molecule has 0 spiro atoms. The van der Waals surface area contributed by atoms with Crippen LogP contribution in [0.25, 0.3) is 21.8 Å². The Hall–Kier alpha value is -2.82. The van der Waals surface area contributed by atoms with Crippen LogP contribution in [0, 0.1) is 5.92 Å². The molecule has 0 aliphatic heterocycles. The maximum Gasteiger partial charge on any atom is 0.419 e. The molecule has 0 saturated carbocycles. The van der Waals surface area contributed by atoms with Crippen molar-refractivity contribution in [1.29, 1.82) is 0 Å². The summed E-state index contributed by atoms with van der Waals surface area (Å²) in [5.41, 5.74) is 0.842. The maximum atomic E-state index is 13.1. The highest BCUT2D eigenvalue weighted by molar-refractivity contribution is 6.12. The smallest absolute Gasteiger partial charge is 0.419 e. The van der Waals surface area contributed by atoms with Crippen molar-refractivity contribution in [3.8, 4) is 0 Å². The molecular weight excluding hydrogens is 342 g/mol. The van der Waals surface area contributed by atoms with E-state index in [0.717, 1.165) is 21.8 Å². The van der Waals surface area contributed by atoms with Crippen molar-refractivity contribution in [2.75, 3.05) is 0 Å². The lowest BCUT2D eigenvalue weighted by Gasteiger charge is -2.26. The van der Waals surface area contributed by atoms with Gasteiger partial charge < -0.3 is 9.47 Å². The van der Waals surface area contributed by atoms with E-state index in [0.29, 0.717) is 0 Å². The molecule has 142 valence electrons. The van der Waals surface area contributed by atoms with Gasteiger partial charge in [0.05, 0.1) is 11.0 Å². The fourth-order valence-corrected chi connectivity index (χ4v) is 3.10. The standard InChI is InChI=1S/C22H25NO4/c1-14(2)19(20(24)27-22(3,4)5)26-21(25)23-17-12-8-6-10-15(17)16-11-7-9-13-18(16)23/h6-14,19H,1-5H3. The summed E-state index contributed by atoms with van der Waals surface area (Å²) in [5, 5.41) is 1.92. The predicted octanol–water partition coefficient (Wildman–Crippen LogP) is 5.15. The van der Waals surface area contributed by atoms with Crippen molar-refractivity contribution in [2.45, 2.75) is 46.3 Å². The van der Waals surface area contributed by atoms with Gasteiger partial charge in [-0.15, -0.1) is 0 Å². The minimum atomic E-state index is -0.975. The maximum absolute atomic E-state index is 13.1. The number of hydrogen-bond donors (Lipinski definition) is 0. The van der Waals surface area contributed by atoms with Crippen molar-refractivity contribution in [3.05, 3.63) is 48.5 Å². The van der Waals surface area contributed by atoms with Gasteiger partial charge in [-0.05, 0) is 32.9 Å². The third kappa shape index (κ3) is 3.82. The Labute approximate surface area is 158 Å². The van der Waals surface area contributed by atoms with Gasteiger partial charge in [0.25, 0.3) is 0 Å². The number of aromatic nitrogens is 1. The Morgan fingerprint density at radius 2 is 1.37 bits per heavy atom. The number of esters is 1. The van der Waals surface area contributed by atoms with Gasteiger partial charge in [0.15, 0.2) is 0 Å². The van der Waals surface area contributed by atoms with Crippen molar-refractivity contribution in [3.63, 3.8) is 0 Å². The van der Waals surface area contributed by atoms with E-state index >= 15 is 0 Å². The summed E-state index contributed by atoms with van der Waals surface area (Å²) >= 11 is 0. The Kier molecular flexibility index (Phi) is 4.96. The van der Waals surface area contributed by atoms with Crippen LogP contribution in [0.15, 0.2) is 48.5 Å². The molecule has 5 nitrogen and oxygen atoms in total. The monoisotopic (exact) mass is 367 g/mol. The van der Waals surface area contributed by atoms with Gasteiger partial charge in [0.1, 0.15) is 5.60 Å². The lowest BCUT2D eigenvalue weighted by molar-refractivity contribution is -0.167. The molecule has 0 saturated heterocycles. The number of ether oxygens (including phenoxy) is 2. The summed E-state index contributed by atoms with van der Waals surface area (Å²) in [4.78, 5) is 25.6. The van der Waals surface area contributed by atoms with E-state index in [4.69, 9.17) is 9.47 Å². The molecule has 0 fully saturated rings. The fourth-order valence-electron chi connectivity index (χ4n) is 3.10. The molecule has 0 radical (unpaired) electrons. The molecule has 1 unspecified atom stereocenters. The van der Waals surface area contributed by atoms with Gasteiger partial charge in [0.2, 0.25) is 6.10 Å². The number of carbonyl (C=O) groups is 2. The molecular formula is C22H25NO4. The third-order valence-corrected chi connectivity index (χ3v) is 4.24. The number of para-hydroxylation sites is 2. The van der Waals surface area contributed by atoms with Crippen LogP contribution in [0.4, 0.5) is 4.79 Å². The zero-order chi connectivity index (χ0) is 19.8. The second kappa shape index (κ2) is 7.06. The molecule has 3 aromatic rings. The van der Waals surface area contributed by atoms with E-state index in [-0.39, 0.29) is 5.92 Å². The average molecular weight is 367 g/mol. The first-order valence-corrected chi connectivity index (χ1v) is 9.11. The van der Waals surface area contributed by atoms with Crippen LogP contribution in [-0.4, -0.2) is 28.3 Å². The second-order valence-electron chi connectivity index (χ2n) is 7.95. The van der Waals surface area contributed by atoms with E-state index in [1.54, 1.807) is 20.8 Å². The quantitative estimate of drug-likeness (QED) is 0.601. The lowest BCUT2D eigenvalue weighted by Crippen LogP contribution is -2.38. The van der Waals surface area contributed by atoms with Crippen LogP contribution < -0.4 is 0 Å². The van der Waals surface area contributed by atoms with Crippen LogP contribution in [0.5, 0.6) is 0 Å². The van der Waals surface area contributed by atoms with Gasteiger partial charge >= 0.3 is 12.1 Å². The second-order valence-corrected chi connectivity index (χ2v) is 7.95. The summed E-state index contributed by atoms with van der Waals surface area (Å²) in [6.07, 6.45) is -1.56. The molecule has 0 aliphatic carbocycles. The van der Waals surface area contributed by atoms with Gasteiger partial charge in [0, 0.05) is 16.7 Å². The summed E-state index contributed by atoms with van der Waals surface area (Å²) in [6, 6.07) is 15.3. The van der Waals surface area contributed by atoms with Crippen molar-refractivity contribution in [2.24, 2.45) is 5.92 Å². The predicted molar refractivity (Wildman–Crippen MR) is 106 cm³/mol. The topological polar surface area (TPSA) is 57.5 Å². The van der Waals surface area contributed by atoms with Crippen LogP contribution in [-0.2, 0) is 14.3 Å². The third-order valence-electron chi connectivity index (χ3n) is 4.24. The number of nitrogens with zero attached hydrogens (tertiary/aromatic N) is 1. The van der Waals surface area contributed by atoms with Gasteiger partial charge in [-0.1, -0.05) is 50.2 Å². The fraction of sp³-hybridized carbons (Fsp3) is 0.364. The molecule has 0 N–H and O–H groups in total. The Morgan fingerprint density at radius 3 is 1.81 bits per heavy atom. The van der Waals surface area contributed by atoms with Crippen LogP contribution in [0.3, 0.4) is 0 Å². The van der Waals surface area contributed by atoms with Crippen molar-refractivity contribution >= 4 is 33.9 Å². The average Bonchev–Trinajstić information content (AvgIpc) is 2.92. The highest BCUT2D eigenvalue weighted by Gasteiger charge is 2.32. The van der Waals surface area contributed by atoms with Crippen LogP contribution in [0.2, 0.25) is 0 Å². The van der Waals surface area contributed by atoms with E-state index < -0.39 is 23.8 Å². The van der Waals surface area contributed by atoms with Gasteiger partial charge in [-0.2, -0.15) is 0 Å². The number of fused-ring (bicyclic) bond motifs is 3. The normalized spacial score (nSPS) is 13.1. The molecule has 2 aromatic carbocycles. The first-order chi connectivity index (χ1) is 12.7. The minimum Gasteiger partial charge on any atom is -0.457 e. The molecule has 3 rings (SSSR count). The van der Waals surface area contributed by atoms with Crippen molar-refractivity contribution in [1.82, 2.24) is 4.57 Å². The molecule has 0 aliphatic rings. The first kappa shape index (κ1) is 19.0. The van der Waals surface area contributed by atoms with Crippen LogP contribution >= 0.6 is 0 Å². The lowest BCUT2D eigenvalue weighted by atomic mass is 10.1. The zero-order valence-electron chi connectivity index (χ0n) is 16.4. The number of carbonyl (C=O) groups excluding carboxylic acids is 2. The molecule has 1 atom stereocenters. The van der Waals surface area contributed by atoms with E-state index in [1.807, 2.05) is 62.4 Å². The SMILES string of the molecule is CC(C)C(OC(=O)n1c2ccccc2c2ccccc21)C(=O)OC(C)(C)C. The minimum absolute atomic E-state index is 0.211. The van der Waals surface area contributed by atoms with Gasteiger partial charge in [-0.25, -0.2) is 14.2 Å². The highest BCUT2D eigenvalue weighted by atomic mass is 16.6. The Balaban J connectivity index is 2.00. The first-order valence-electron chi connectivity index (χ1n) is 9.11. The Morgan fingerprint density at radius 1 is 0.889 bits per heavy atom. The highest BCUT2D eigenvalue weighted by Crippen LogP contribution is 2.29. The largest absolute Gasteiger partial charge is 0.457 e. The van der Waals surface area contributed by atoms with Crippen LogP contribution in [0.1, 0.15) is 34.6 Å². The molecule has 5 heteroatoms. The van der Waals surface area contributed by atoms with E-state index in [2.05, 4.69) is 0 Å². The molecule has 0 amide bonds. The molecule has 1 heterocycles. The number of benzene rings is 2. The van der Waals surface area contributed by atoms with E-state index in [9.17, 15) is 9.59 Å². The Bertz CT molecular complexity index is 941. The number of hydrogen-bond acceptors (Lipinski definition) is 4. The molecule has 1 aromatic heterocycles. The zero-order valence-corrected chi connectivity index (χ0v) is 16.4. The summed E-state index contributed by atoms with van der Waals surface area (Å²) in [6.45, 7) is 9.02. The number of rotatable bonds is 3.